The minimum atomic E-state index is -0.283. The average Bonchev–Trinajstić information content (AvgIpc) is 2.69. The van der Waals surface area contributed by atoms with E-state index in [1.165, 1.54) is 6.42 Å². The fraction of sp³-hybridized carbons (Fsp3) is 0.391. The quantitative estimate of drug-likeness (QED) is 0.611. The van der Waals surface area contributed by atoms with E-state index in [0.717, 1.165) is 41.3 Å². The molecular formula is C23H26N2O2. The van der Waals surface area contributed by atoms with Crippen molar-refractivity contribution in [2.75, 3.05) is 6.61 Å². The highest BCUT2D eigenvalue weighted by molar-refractivity contribution is 6.04. The molecule has 1 saturated carbocycles. The number of nitrogens with zero attached hydrogens (tertiary/aromatic N) is 1. The topological polar surface area (TPSA) is 62.1 Å². The molecule has 0 heterocycles. The van der Waals surface area contributed by atoms with Crippen LogP contribution in [0.4, 0.5) is 0 Å². The van der Waals surface area contributed by atoms with Gasteiger partial charge in [0.15, 0.2) is 0 Å². The van der Waals surface area contributed by atoms with Crippen LogP contribution in [0.5, 0.6) is 5.75 Å². The summed E-state index contributed by atoms with van der Waals surface area (Å²) in [5.41, 5.74) is 0.986. The molecule has 0 unspecified atom stereocenters. The number of carbonyl (C=O) groups is 1. The molecule has 0 aliphatic heterocycles. The maximum Gasteiger partial charge on any atom is 0.262 e. The first-order valence-electron chi connectivity index (χ1n) is 9.71. The van der Waals surface area contributed by atoms with E-state index in [4.69, 9.17) is 4.74 Å². The third-order valence-electron chi connectivity index (χ3n) is 5.31. The summed E-state index contributed by atoms with van der Waals surface area (Å²) in [7, 11) is 0. The second-order valence-electron chi connectivity index (χ2n) is 7.14. The molecule has 4 nitrogen and oxygen atoms in total. The van der Waals surface area contributed by atoms with Crippen LogP contribution in [-0.4, -0.2) is 18.6 Å². The molecule has 1 N–H and O–H groups in total. The molecule has 1 aliphatic carbocycles. The predicted molar refractivity (Wildman–Crippen MR) is 108 cm³/mol. The number of ether oxygens (including phenoxy) is 1. The third-order valence-corrected chi connectivity index (χ3v) is 5.31. The van der Waals surface area contributed by atoms with Crippen LogP contribution in [0.15, 0.2) is 42.0 Å². The van der Waals surface area contributed by atoms with Crippen LogP contribution < -0.4 is 10.1 Å². The summed E-state index contributed by atoms with van der Waals surface area (Å²) in [6.07, 6.45) is 6.13. The van der Waals surface area contributed by atoms with Crippen molar-refractivity contribution in [3.8, 4) is 11.8 Å². The summed E-state index contributed by atoms with van der Waals surface area (Å²) >= 11 is 0. The van der Waals surface area contributed by atoms with Crippen LogP contribution in [-0.2, 0) is 4.79 Å². The van der Waals surface area contributed by atoms with Gasteiger partial charge in [-0.05, 0) is 48.8 Å². The molecule has 27 heavy (non-hydrogen) atoms. The standard InChI is InChI=1S/C23H26N2O2/c1-3-27-22-13-12-17(19-9-5-6-10-20(19)22)14-18(15-24)23(26)25-21-11-7-4-8-16(21)2/h5-6,9-10,12-14,16,21H,3-4,7-8,11H2,1-2H3,(H,25,26)/b18-14+/t16-,21+/m0/s1. The number of carbonyl (C=O) groups excluding carboxylic acids is 1. The highest BCUT2D eigenvalue weighted by Crippen LogP contribution is 2.30. The Morgan fingerprint density at radius 2 is 1.96 bits per heavy atom. The molecule has 0 spiro atoms. The molecule has 2 aromatic carbocycles. The summed E-state index contributed by atoms with van der Waals surface area (Å²) in [6.45, 7) is 4.71. The Morgan fingerprint density at radius 3 is 2.67 bits per heavy atom. The third kappa shape index (κ3) is 4.31. The van der Waals surface area contributed by atoms with E-state index in [1.54, 1.807) is 6.08 Å². The first kappa shape index (κ1) is 19.0. The zero-order valence-electron chi connectivity index (χ0n) is 16.0. The van der Waals surface area contributed by atoms with Crippen molar-refractivity contribution in [1.82, 2.24) is 5.32 Å². The Labute approximate surface area is 160 Å². The van der Waals surface area contributed by atoms with Gasteiger partial charge in [0, 0.05) is 11.4 Å². The van der Waals surface area contributed by atoms with Crippen molar-refractivity contribution < 1.29 is 9.53 Å². The fourth-order valence-electron chi connectivity index (χ4n) is 3.78. The fourth-order valence-corrected chi connectivity index (χ4v) is 3.78. The first-order valence-corrected chi connectivity index (χ1v) is 9.71. The number of rotatable bonds is 5. The van der Waals surface area contributed by atoms with Gasteiger partial charge < -0.3 is 10.1 Å². The Hall–Kier alpha value is -2.80. The highest BCUT2D eigenvalue weighted by Gasteiger charge is 2.24. The number of benzene rings is 2. The maximum atomic E-state index is 12.7. The lowest BCUT2D eigenvalue weighted by Gasteiger charge is -2.29. The van der Waals surface area contributed by atoms with E-state index in [2.05, 4.69) is 18.3 Å². The normalized spacial score (nSPS) is 20.1. The lowest BCUT2D eigenvalue weighted by atomic mass is 9.86. The first-order chi connectivity index (χ1) is 13.1. The summed E-state index contributed by atoms with van der Waals surface area (Å²) < 4.78 is 5.70. The van der Waals surface area contributed by atoms with Crippen LogP contribution in [0.25, 0.3) is 16.8 Å². The van der Waals surface area contributed by atoms with E-state index in [1.807, 2.05) is 43.3 Å². The summed E-state index contributed by atoms with van der Waals surface area (Å²) in [5.74, 6) is 0.979. The Bertz CT molecular complexity index is 895. The molecule has 4 heteroatoms. The lowest BCUT2D eigenvalue weighted by Crippen LogP contribution is -2.41. The number of amides is 1. The Kier molecular flexibility index (Phi) is 6.13. The number of hydrogen-bond acceptors (Lipinski definition) is 3. The second kappa shape index (κ2) is 8.73. The number of hydrogen-bond donors (Lipinski definition) is 1. The summed E-state index contributed by atoms with van der Waals surface area (Å²) in [4.78, 5) is 12.7. The van der Waals surface area contributed by atoms with Gasteiger partial charge in [0.05, 0.1) is 6.61 Å². The van der Waals surface area contributed by atoms with Crippen LogP contribution >= 0.6 is 0 Å². The van der Waals surface area contributed by atoms with Crippen molar-refractivity contribution in [3.05, 3.63) is 47.5 Å². The zero-order chi connectivity index (χ0) is 19.2. The molecule has 3 rings (SSSR count). The molecule has 2 atom stereocenters. The largest absolute Gasteiger partial charge is 0.493 e. The Morgan fingerprint density at radius 1 is 1.22 bits per heavy atom. The van der Waals surface area contributed by atoms with Crippen LogP contribution in [0.3, 0.4) is 0 Å². The number of nitrogens with one attached hydrogen (secondary N) is 1. The van der Waals surface area contributed by atoms with Gasteiger partial charge in [-0.2, -0.15) is 5.26 Å². The molecule has 0 aromatic heterocycles. The minimum Gasteiger partial charge on any atom is -0.493 e. The minimum absolute atomic E-state index is 0.141. The lowest BCUT2D eigenvalue weighted by molar-refractivity contribution is -0.118. The highest BCUT2D eigenvalue weighted by atomic mass is 16.5. The molecule has 1 fully saturated rings. The molecular weight excluding hydrogens is 336 g/mol. The van der Waals surface area contributed by atoms with Crippen molar-refractivity contribution in [1.29, 1.82) is 5.26 Å². The molecule has 0 saturated heterocycles. The molecule has 140 valence electrons. The van der Waals surface area contributed by atoms with E-state index in [9.17, 15) is 10.1 Å². The van der Waals surface area contributed by atoms with Crippen molar-refractivity contribution >= 4 is 22.8 Å². The van der Waals surface area contributed by atoms with E-state index >= 15 is 0 Å². The molecule has 2 aromatic rings. The van der Waals surface area contributed by atoms with E-state index in [0.29, 0.717) is 12.5 Å². The van der Waals surface area contributed by atoms with Gasteiger partial charge in [-0.3, -0.25) is 4.79 Å². The van der Waals surface area contributed by atoms with Gasteiger partial charge in [-0.25, -0.2) is 0 Å². The Balaban J connectivity index is 1.90. The summed E-state index contributed by atoms with van der Waals surface area (Å²) in [6, 6.07) is 13.9. The van der Waals surface area contributed by atoms with Gasteiger partial charge >= 0.3 is 0 Å². The smallest absolute Gasteiger partial charge is 0.262 e. The van der Waals surface area contributed by atoms with Gasteiger partial charge in [0.1, 0.15) is 17.4 Å². The zero-order valence-corrected chi connectivity index (χ0v) is 16.0. The van der Waals surface area contributed by atoms with Gasteiger partial charge in [-0.1, -0.05) is 50.1 Å². The van der Waals surface area contributed by atoms with Gasteiger partial charge in [0.25, 0.3) is 5.91 Å². The van der Waals surface area contributed by atoms with Gasteiger partial charge in [0.2, 0.25) is 0 Å². The SMILES string of the molecule is CCOc1ccc(/C=C(\C#N)C(=O)N[C@@H]2CCCC[C@@H]2C)c2ccccc12. The molecule has 0 bridgehead atoms. The van der Waals surface area contributed by atoms with Crippen molar-refractivity contribution in [3.63, 3.8) is 0 Å². The van der Waals surface area contributed by atoms with Crippen LogP contribution in [0.2, 0.25) is 0 Å². The van der Waals surface area contributed by atoms with Gasteiger partial charge in [-0.15, -0.1) is 0 Å². The van der Waals surface area contributed by atoms with Crippen molar-refractivity contribution in [2.45, 2.75) is 45.6 Å². The monoisotopic (exact) mass is 362 g/mol. The number of fused-ring (bicyclic) bond motifs is 1. The molecule has 1 aliphatic rings. The van der Waals surface area contributed by atoms with E-state index < -0.39 is 0 Å². The molecule has 0 radical (unpaired) electrons. The molecule has 1 amide bonds. The van der Waals surface area contributed by atoms with Crippen molar-refractivity contribution in [2.24, 2.45) is 5.92 Å². The average molecular weight is 362 g/mol. The van der Waals surface area contributed by atoms with Crippen LogP contribution in [0.1, 0.15) is 45.1 Å². The second-order valence-corrected chi connectivity index (χ2v) is 7.14. The predicted octanol–water partition coefficient (Wildman–Crippen LogP) is 4.84. The van der Waals surface area contributed by atoms with E-state index in [-0.39, 0.29) is 17.5 Å². The van der Waals surface area contributed by atoms with Crippen LogP contribution in [0, 0.1) is 17.2 Å². The summed E-state index contributed by atoms with van der Waals surface area (Å²) in [5, 5.41) is 14.6. The maximum absolute atomic E-state index is 12.7. The number of nitriles is 1.